The minimum absolute atomic E-state index is 0.279. The summed E-state index contributed by atoms with van der Waals surface area (Å²) in [6.07, 6.45) is 4.72. The lowest BCUT2D eigenvalue weighted by atomic mass is 10.3. The standard InChI is InChI=1S/C10H8N4O/c15-10(9-4-2-6-12-14-9)13-8-3-1-5-11-7-8/h1-7H,(H,13,15). The maximum atomic E-state index is 11.6. The van der Waals surface area contributed by atoms with Crippen molar-refractivity contribution in [1.82, 2.24) is 15.2 Å². The molecule has 0 unspecified atom stereocenters. The van der Waals surface area contributed by atoms with Gasteiger partial charge in [-0.05, 0) is 24.3 Å². The van der Waals surface area contributed by atoms with Crippen molar-refractivity contribution in [3.8, 4) is 0 Å². The molecule has 1 amide bonds. The molecule has 2 heterocycles. The van der Waals surface area contributed by atoms with Gasteiger partial charge in [0.05, 0.1) is 11.9 Å². The molecule has 15 heavy (non-hydrogen) atoms. The van der Waals surface area contributed by atoms with E-state index in [0.29, 0.717) is 5.69 Å². The Morgan fingerprint density at radius 3 is 2.73 bits per heavy atom. The molecule has 0 aliphatic rings. The fourth-order valence-corrected chi connectivity index (χ4v) is 1.05. The zero-order valence-electron chi connectivity index (χ0n) is 7.79. The van der Waals surface area contributed by atoms with Gasteiger partial charge in [-0.3, -0.25) is 9.78 Å². The Labute approximate surface area is 86.2 Å². The highest BCUT2D eigenvalue weighted by molar-refractivity contribution is 6.02. The molecule has 0 aromatic carbocycles. The molecule has 0 radical (unpaired) electrons. The highest BCUT2D eigenvalue weighted by Gasteiger charge is 2.06. The van der Waals surface area contributed by atoms with Crippen molar-refractivity contribution in [2.45, 2.75) is 0 Å². The Hall–Kier alpha value is -2.30. The first kappa shape index (κ1) is 9.26. The van der Waals surface area contributed by atoms with E-state index < -0.39 is 0 Å². The van der Waals surface area contributed by atoms with Crippen LogP contribution in [0, 0.1) is 0 Å². The van der Waals surface area contributed by atoms with E-state index in [2.05, 4.69) is 20.5 Å². The third-order valence-electron chi connectivity index (χ3n) is 1.72. The van der Waals surface area contributed by atoms with Gasteiger partial charge in [-0.2, -0.15) is 5.10 Å². The number of carbonyl (C=O) groups is 1. The Kier molecular flexibility index (Phi) is 2.64. The fourth-order valence-electron chi connectivity index (χ4n) is 1.05. The number of nitrogens with one attached hydrogen (secondary N) is 1. The van der Waals surface area contributed by atoms with Crippen LogP contribution in [0.4, 0.5) is 5.69 Å². The second kappa shape index (κ2) is 4.28. The van der Waals surface area contributed by atoms with E-state index in [1.165, 1.54) is 6.20 Å². The molecule has 2 rings (SSSR count). The fraction of sp³-hybridized carbons (Fsp3) is 0. The lowest BCUT2D eigenvalue weighted by Crippen LogP contribution is -2.13. The van der Waals surface area contributed by atoms with Gasteiger partial charge in [-0.15, -0.1) is 5.10 Å². The van der Waals surface area contributed by atoms with Gasteiger partial charge in [-0.1, -0.05) is 0 Å². The Morgan fingerprint density at radius 2 is 2.07 bits per heavy atom. The first-order valence-electron chi connectivity index (χ1n) is 4.35. The van der Waals surface area contributed by atoms with Gasteiger partial charge >= 0.3 is 0 Å². The summed E-state index contributed by atoms with van der Waals surface area (Å²) in [7, 11) is 0. The second-order valence-corrected chi connectivity index (χ2v) is 2.80. The van der Waals surface area contributed by atoms with Crippen LogP contribution in [0.25, 0.3) is 0 Å². The van der Waals surface area contributed by atoms with Crippen molar-refractivity contribution in [2.75, 3.05) is 5.32 Å². The topological polar surface area (TPSA) is 67.8 Å². The maximum Gasteiger partial charge on any atom is 0.276 e. The first-order valence-corrected chi connectivity index (χ1v) is 4.35. The van der Waals surface area contributed by atoms with Gasteiger partial charge in [0.25, 0.3) is 5.91 Å². The van der Waals surface area contributed by atoms with Crippen molar-refractivity contribution < 1.29 is 4.79 Å². The summed E-state index contributed by atoms with van der Waals surface area (Å²) < 4.78 is 0. The Bertz CT molecular complexity index is 443. The molecule has 0 saturated carbocycles. The van der Waals surface area contributed by atoms with Crippen LogP contribution in [0.1, 0.15) is 10.5 Å². The number of amides is 1. The lowest BCUT2D eigenvalue weighted by molar-refractivity contribution is 0.102. The summed E-state index contributed by atoms with van der Waals surface area (Å²) in [5, 5.41) is 9.97. The van der Waals surface area contributed by atoms with Crippen molar-refractivity contribution in [3.63, 3.8) is 0 Å². The molecule has 0 aliphatic carbocycles. The molecular formula is C10H8N4O. The van der Waals surface area contributed by atoms with Gasteiger partial charge in [0.1, 0.15) is 0 Å². The predicted molar refractivity (Wildman–Crippen MR) is 54.2 cm³/mol. The predicted octanol–water partition coefficient (Wildman–Crippen LogP) is 1.12. The van der Waals surface area contributed by atoms with Crippen molar-refractivity contribution in [1.29, 1.82) is 0 Å². The summed E-state index contributed by atoms with van der Waals surface area (Å²) >= 11 is 0. The quantitative estimate of drug-likeness (QED) is 0.788. The van der Waals surface area contributed by atoms with Crippen LogP contribution >= 0.6 is 0 Å². The average molecular weight is 200 g/mol. The van der Waals surface area contributed by atoms with E-state index in [4.69, 9.17) is 0 Å². The Morgan fingerprint density at radius 1 is 1.20 bits per heavy atom. The number of rotatable bonds is 2. The molecule has 0 aliphatic heterocycles. The summed E-state index contributed by atoms with van der Waals surface area (Å²) in [5.41, 5.74) is 0.912. The van der Waals surface area contributed by atoms with E-state index in [1.807, 2.05) is 0 Å². The number of carbonyl (C=O) groups excluding carboxylic acids is 1. The lowest BCUT2D eigenvalue weighted by Gasteiger charge is -2.02. The molecular weight excluding hydrogens is 192 g/mol. The van der Waals surface area contributed by atoms with Crippen LogP contribution in [-0.4, -0.2) is 21.1 Å². The van der Waals surface area contributed by atoms with Crippen LogP contribution in [0.15, 0.2) is 42.9 Å². The van der Waals surface area contributed by atoms with Crippen LogP contribution < -0.4 is 5.32 Å². The monoisotopic (exact) mass is 200 g/mol. The van der Waals surface area contributed by atoms with Crippen molar-refractivity contribution in [3.05, 3.63) is 48.5 Å². The highest BCUT2D eigenvalue weighted by Crippen LogP contribution is 2.04. The molecule has 0 saturated heterocycles. The molecule has 1 N–H and O–H groups in total. The average Bonchev–Trinajstić information content (AvgIpc) is 2.31. The van der Waals surface area contributed by atoms with Crippen LogP contribution in [-0.2, 0) is 0 Å². The van der Waals surface area contributed by atoms with Crippen molar-refractivity contribution >= 4 is 11.6 Å². The minimum atomic E-state index is -0.295. The summed E-state index contributed by atoms with van der Waals surface area (Å²) in [6.45, 7) is 0. The van der Waals surface area contributed by atoms with Crippen LogP contribution in [0.5, 0.6) is 0 Å². The number of nitrogens with zero attached hydrogens (tertiary/aromatic N) is 3. The van der Waals surface area contributed by atoms with E-state index in [9.17, 15) is 4.79 Å². The Balaban J connectivity index is 2.12. The number of anilines is 1. The smallest absolute Gasteiger partial charge is 0.276 e. The first-order chi connectivity index (χ1) is 7.36. The SMILES string of the molecule is O=C(Nc1cccnc1)c1cccnn1. The van der Waals surface area contributed by atoms with Gasteiger partial charge in [0.2, 0.25) is 0 Å². The molecule has 0 fully saturated rings. The molecule has 2 aromatic heterocycles. The summed E-state index contributed by atoms with van der Waals surface area (Å²) in [5.74, 6) is -0.295. The summed E-state index contributed by atoms with van der Waals surface area (Å²) in [6, 6.07) is 6.75. The van der Waals surface area contributed by atoms with E-state index in [1.54, 1.807) is 36.7 Å². The number of hydrogen-bond acceptors (Lipinski definition) is 4. The van der Waals surface area contributed by atoms with Gasteiger partial charge in [0.15, 0.2) is 5.69 Å². The van der Waals surface area contributed by atoms with Gasteiger partial charge in [-0.25, -0.2) is 0 Å². The van der Waals surface area contributed by atoms with Gasteiger partial charge in [0, 0.05) is 12.4 Å². The summed E-state index contributed by atoms with van der Waals surface area (Å²) in [4.78, 5) is 15.5. The number of pyridine rings is 1. The zero-order valence-corrected chi connectivity index (χ0v) is 7.79. The van der Waals surface area contributed by atoms with E-state index >= 15 is 0 Å². The largest absolute Gasteiger partial charge is 0.319 e. The van der Waals surface area contributed by atoms with Crippen molar-refractivity contribution in [2.24, 2.45) is 0 Å². The minimum Gasteiger partial charge on any atom is -0.319 e. The molecule has 2 aromatic rings. The molecule has 0 spiro atoms. The van der Waals surface area contributed by atoms with Gasteiger partial charge < -0.3 is 5.32 Å². The third kappa shape index (κ3) is 2.34. The zero-order chi connectivity index (χ0) is 10.5. The second-order valence-electron chi connectivity index (χ2n) is 2.80. The van der Waals surface area contributed by atoms with Crippen LogP contribution in [0.3, 0.4) is 0 Å². The molecule has 0 bridgehead atoms. The maximum absolute atomic E-state index is 11.6. The molecule has 5 heteroatoms. The number of aromatic nitrogens is 3. The van der Waals surface area contributed by atoms with E-state index in [0.717, 1.165) is 0 Å². The highest BCUT2D eigenvalue weighted by atomic mass is 16.1. The molecule has 74 valence electrons. The third-order valence-corrected chi connectivity index (χ3v) is 1.72. The molecule has 5 nitrogen and oxygen atoms in total. The number of hydrogen-bond donors (Lipinski definition) is 1. The molecule has 0 atom stereocenters. The van der Waals surface area contributed by atoms with E-state index in [-0.39, 0.29) is 11.6 Å². The normalized spacial score (nSPS) is 9.60. The van der Waals surface area contributed by atoms with Crippen LogP contribution in [0.2, 0.25) is 0 Å².